The Morgan fingerprint density at radius 3 is 3.10 bits per heavy atom. The minimum Gasteiger partial charge on any atom is -0.493 e. The minimum atomic E-state index is 0.132. The fourth-order valence-corrected chi connectivity index (χ4v) is 3.28. The van der Waals surface area contributed by atoms with Crippen LogP contribution in [0.2, 0.25) is 0 Å². The molecule has 0 spiro atoms. The smallest absolute Gasteiger partial charge is 0.127 e. The van der Waals surface area contributed by atoms with Gasteiger partial charge in [-0.15, -0.1) is 11.3 Å². The SMILES string of the molecule is CCCNC(c1csc(C)n1)c1cccc2c1OCC2. The van der Waals surface area contributed by atoms with Gasteiger partial charge in [0.05, 0.1) is 23.4 Å². The first-order valence-electron chi connectivity index (χ1n) is 7.19. The second kappa shape index (κ2) is 5.94. The van der Waals surface area contributed by atoms with Crippen LogP contribution in [-0.2, 0) is 6.42 Å². The number of aryl methyl sites for hydroxylation is 1. The van der Waals surface area contributed by atoms with E-state index in [4.69, 9.17) is 4.74 Å². The molecule has 0 aliphatic carbocycles. The van der Waals surface area contributed by atoms with E-state index < -0.39 is 0 Å². The number of aromatic nitrogens is 1. The molecule has 0 amide bonds. The highest BCUT2D eigenvalue weighted by Crippen LogP contribution is 2.36. The Morgan fingerprint density at radius 1 is 1.45 bits per heavy atom. The Labute approximate surface area is 124 Å². The summed E-state index contributed by atoms with van der Waals surface area (Å²) in [6, 6.07) is 6.58. The largest absolute Gasteiger partial charge is 0.493 e. The average molecular weight is 288 g/mol. The Balaban J connectivity index is 1.99. The second-order valence-electron chi connectivity index (χ2n) is 5.11. The molecule has 0 radical (unpaired) electrons. The Kier molecular flexibility index (Phi) is 4.03. The topological polar surface area (TPSA) is 34.2 Å². The summed E-state index contributed by atoms with van der Waals surface area (Å²) in [7, 11) is 0. The van der Waals surface area contributed by atoms with Crippen molar-refractivity contribution < 1.29 is 4.74 Å². The van der Waals surface area contributed by atoms with E-state index in [0.29, 0.717) is 0 Å². The number of para-hydroxylation sites is 1. The van der Waals surface area contributed by atoms with E-state index in [-0.39, 0.29) is 6.04 Å². The van der Waals surface area contributed by atoms with Crippen LogP contribution in [0.3, 0.4) is 0 Å². The first kappa shape index (κ1) is 13.6. The molecule has 4 heteroatoms. The van der Waals surface area contributed by atoms with Crippen molar-refractivity contribution in [1.82, 2.24) is 10.3 Å². The summed E-state index contributed by atoms with van der Waals surface area (Å²) in [6.45, 7) is 6.01. The van der Waals surface area contributed by atoms with Gasteiger partial charge in [0.1, 0.15) is 5.75 Å². The Morgan fingerprint density at radius 2 is 2.35 bits per heavy atom. The number of nitrogens with one attached hydrogen (secondary N) is 1. The highest BCUT2D eigenvalue weighted by Gasteiger charge is 2.24. The van der Waals surface area contributed by atoms with Crippen LogP contribution in [0.4, 0.5) is 0 Å². The summed E-state index contributed by atoms with van der Waals surface area (Å²) >= 11 is 1.70. The molecule has 1 atom stereocenters. The molecule has 1 aliphatic rings. The maximum Gasteiger partial charge on any atom is 0.127 e. The van der Waals surface area contributed by atoms with Crippen LogP contribution >= 0.6 is 11.3 Å². The van der Waals surface area contributed by atoms with Crippen LogP contribution in [0.25, 0.3) is 0 Å². The average Bonchev–Trinajstić information content (AvgIpc) is 3.08. The standard InChI is InChI=1S/C16H20N2OS/c1-3-8-17-15(14-10-20-11(2)18-14)13-6-4-5-12-7-9-19-16(12)13/h4-6,10,15,17H,3,7-9H2,1-2H3. The lowest BCUT2D eigenvalue weighted by molar-refractivity contribution is 0.350. The third kappa shape index (κ3) is 2.58. The van der Waals surface area contributed by atoms with Crippen LogP contribution in [0.15, 0.2) is 23.6 Å². The number of fused-ring (bicyclic) bond motifs is 1. The predicted octanol–water partition coefficient (Wildman–Crippen LogP) is 3.48. The lowest BCUT2D eigenvalue weighted by Gasteiger charge is -2.19. The van der Waals surface area contributed by atoms with Gasteiger partial charge in [0.25, 0.3) is 0 Å². The van der Waals surface area contributed by atoms with Crippen molar-refractivity contribution in [3.8, 4) is 5.75 Å². The molecular weight excluding hydrogens is 268 g/mol. The van der Waals surface area contributed by atoms with E-state index in [2.05, 4.69) is 47.7 Å². The maximum absolute atomic E-state index is 5.85. The monoisotopic (exact) mass is 288 g/mol. The minimum absolute atomic E-state index is 0.132. The van der Waals surface area contributed by atoms with E-state index in [1.165, 1.54) is 11.1 Å². The molecule has 2 heterocycles. The van der Waals surface area contributed by atoms with Crippen molar-refractivity contribution in [1.29, 1.82) is 0 Å². The molecule has 1 aliphatic heterocycles. The normalized spacial score (nSPS) is 14.9. The molecule has 0 fully saturated rings. The number of ether oxygens (including phenoxy) is 1. The van der Waals surface area contributed by atoms with Crippen LogP contribution in [0.1, 0.15) is 41.2 Å². The van der Waals surface area contributed by atoms with Crippen molar-refractivity contribution in [2.75, 3.05) is 13.2 Å². The lowest BCUT2D eigenvalue weighted by atomic mass is 10.00. The second-order valence-corrected chi connectivity index (χ2v) is 6.17. The fourth-order valence-electron chi connectivity index (χ4n) is 2.64. The zero-order chi connectivity index (χ0) is 13.9. The van der Waals surface area contributed by atoms with Crippen molar-refractivity contribution in [3.63, 3.8) is 0 Å². The molecule has 0 bridgehead atoms. The van der Waals surface area contributed by atoms with Crippen molar-refractivity contribution in [3.05, 3.63) is 45.4 Å². The molecule has 1 unspecified atom stereocenters. The molecule has 3 rings (SSSR count). The number of benzene rings is 1. The van der Waals surface area contributed by atoms with Gasteiger partial charge in [0.15, 0.2) is 0 Å². The number of hydrogen-bond acceptors (Lipinski definition) is 4. The van der Waals surface area contributed by atoms with Gasteiger partial charge in [-0.25, -0.2) is 4.98 Å². The van der Waals surface area contributed by atoms with E-state index in [0.717, 1.165) is 42.4 Å². The summed E-state index contributed by atoms with van der Waals surface area (Å²) < 4.78 is 5.85. The number of nitrogens with zero attached hydrogens (tertiary/aromatic N) is 1. The van der Waals surface area contributed by atoms with Gasteiger partial charge in [-0.2, -0.15) is 0 Å². The van der Waals surface area contributed by atoms with Gasteiger partial charge in [-0.05, 0) is 25.5 Å². The van der Waals surface area contributed by atoms with Gasteiger partial charge in [0.2, 0.25) is 0 Å². The molecular formula is C16H20N2OS. The molecule has 1 aromatic carbocycles. The number of hydrogen-bond donors (Lipinski definition) is 1. The van der Waals surface area contributed by atoms with E-state index in [9.17, 15) is 0 Å². The van der Waals surface area contributed by atoms with Gasteiger partial charge in [0, 0.05) is 17.4 Å². The third-order valence-corrected chi connectivity index (χ3v) is 4.38. The predicted molar refractivity (Wildman–Crippen MR) is 82.6 cm³/mol. The summed E-state index contributed by atoms with van der Waals surface area (Å²) in [5.41, 5.74) is 3.64. The molecule has 0 saturated carbocycles. The van der Waals surface area contributed by atoms with Crippen LogP contribution in [0, 0.1) is 6.92 Å². The van der Waals surface area contributed by atoms with Crippen molar-refractivity contribution in [2.45, 2.75) is 32.7 Å². The zero-order valence-corrected chi connectivity index (χ0v) is 12.8. The maximum atomic E-state index is 5.85. The highest BCUT2D eigenvalue weighted by atomic mass is 32.1. The van der Waals surface area contributed by atoms with E-state index in [1.807, 2.05) is 0 Å². The summed E-state index contributed by atoms with van der Waals surface area (Å²) in [5, 5.41) is 6.87. The van der Waals surface area contributed by atoms with E-state index in [1.54, 1.807) is 11.3 Å². The van der Waals surface area contributed by atoms with Crippen LogP contribution < -0.4 is 10.1 Å². The molecule has 3 nitrogen and oxygen atoms in total. The molecule has 106 valence electrons. The van der Waals surface area contributed by atoms with Crippen LogP contribution in [0.5, 0.6) is 5.75 Å². The van der Waals surface area contributed by atoms with Gasteiger partial charge >= 0.3 is 0 Å². The highest BCUT2D eigenvalue weighted by molar-refractivity contribution is 7.09. The summed E-state index contributed by atoms with van der Waals surface area (Å²) in [5.74, 6) is 1.06. The summed E-state index contributed by atoms with van der Waals surface area (Å²) in [4.78, 5) is 4.67. The van der Waals surface area contributed by atoms with Crippen LogP contribution in [-0.4, -0.2) is 18.1 Å². The Bertz CT molecular complexity index is 594. The fraction of sp³-hybridized carbons (Fsp3) is 0.438. The molecule has 1 N–H and O–H groups in total. The quantitative estimate of drug-likeness (QED) is 0.914. The molecule has 0 saturated heterocycles. The van der Waals surface area contributed by atoms with E-state index >= 15 is 0 Å². The zero-order valence-electron chi connectivity index (χ0n) is 12.0. The van der Waals surface area contributed by atoms with Gasteiger partial charge in [-0.1, -0.05) is 25.1 Å². The molecule has 2 aromatic rings. The first-order chi connectivity index (χ1) is 9.79. The lowest BCUT2D eigenvalue weighted by Crippen LogP contribution is -2.24. The van der Waals surface area contributed by atoms with Crippen molar-refractivity contribution >= 4 is 11.3 Å². The van der Waals surface area contributed by atoms with Crippen molar-refractivity contribution in [2.24, 2.45) is 0 Å². The summed E-state index contributed by atoms with van der Waals surface area (Å²) in [6.07, 6.45) is 2.12. The Hall–Kier alpha value is -1.39. The number of thiazole rings is 1. The third-order valence-electron chi connectivity index (χ3n) is 3.59. The van der Waals surface area contributed by atoms with Gasteiger partial charge < -0.3 is 10.1 Å². The molecule has 20 heavy (non-hydrogen) atoms. The van der Waals surface area contributed by atoms with Gasteiger partial charge in [-0.3, -0.25) is 0 Å². The molecule has 1 aromatic heterocycles. The first-order valence-corrected chi connectivity index (χ1v) is 8.07. The number of rotatable bonds is 5.